The second kappa shape index (κ2) is 6.93. The molecule has 1 heterocycles. The van der Waals surface area contributed by atoms with Crippen LogP contribution in [0.2, 0.25) is 0 Å². The van der Waals surface area contributed by atoms with Crippen LogP contribution in [0.25, 0.3) is 0 Å². The monoisotopic (exact) mass is 335 g/mol. The Hall–Kier alpha value is 0.140. The first-order valence-electron chi connectivity index (χ1n) is 5.53. The van der Waals surface area contributed by atoms with Gasteiger partial charge in [0.25, 0.3) is 7.82 Å². The van der Waals surface area contributed by atoms with Gasteiger partial charge in [0.2, 0.25) is 0 Å². The number of rotatable bonds is 7. The Balaban J connectivity index is 2.80. The van der Waals surface area contributed by atoms with Crippen LogP contribution in [0.1, 0.15) is 6.92 Å². The van der Waals surface area contributed by atoms with Crippen LogP contribution in [0.4, 0.5) is 0 Å². The molecule has 120 valence electrons. The molecule has 0 radical (unpaired) electrons. The van der Waals surface area contributed by atoms with Gasteiger partial charge in [0.15, 0.2) is 0 Å². The Labute approximate surface area is 115 Å². The van der Waals surface area contributed by atoms with Crippen molar-refractivity contribution in [3.8, 4) is 0 Å². The van der Waals surface area contributed by atoms with Crippen molar-refractivity contribution in [3.05, 3.63) is 0 Å². The van der Waals surface area contributed by atoms with Gasteiger partial charge in [0.1, 0.15) is 18.3 Å². The van der Waals surface area contributed by atoms with Gasteiger partial charge in [-0.05, 0) is 6.92 Å². The Kier molecular flexibility index (Phi) is 6.31. The molecule has 0 aromatic carbocycles. The van der Waals surface area contributed by atoms with Crippen molar-refractivity contribution in [2.45, 2.75) is 31.3 Å². The summed E-state index contributed by atoms with van der Waals surface area (Å²) in [4.78, 5) is 28.7. The summed E-state index contributed by atoms with van der Waals surface area (Å²) < 4.78 is 45.7. The fourth-order valence-corrected chi connectivity index (χ4v) is 2.84. The maximum Gasteiger partial charge on any atom is 0.469 e. The Bertz CT molecular complexity index is 408. The smallest absolute Gasteiger partial charge is 0.469 e. The molecule has 1 aliphatic rings. The van der Waals surface area contributed by atoms with Gasteiger partial charge in [-0.25, -0.2) is 4.57 Å². The third-order valence-corrected chi connectivity index (χ3v) is 4.13. The third kappa shape index (κ3) is 5.16. The van der Waals surface area contributed by atoms with E-state index in [1.807, 2.05) is 0 Å². The molecule has 0 spiro atoms. The normalized spacial score (nSPS) is 34.1. The molecule has 0 bridgehead atoms. The fraction of sp³-hybridized carbons (Fsp3) is 1.00. The largest absolute Gasteiger partial charge is 0.756 e. The van der Waals surface area contributed by atoms with Crippen LogP contribution in [0, 0.1) is 0 Å². The Morgan fingerprint density at radius 1 is 1.25 bits per heavy atom. The highest BCUT2D eigenvalue weighted by molar-refractivity contribution is 7.46. The van der Waals surface area contributed by atoms with E-state index >= 15 is 0 Å². The Morgan fingerprint density at radius 3 is 2.30 bits per heavy atom. The zero-order valence-corrected chi connectivity index (χ0v) is 12.9. The summed E-state index contributed by atoms with van der Waals surface area (Å²) in [6, 6.07) is 0. The van der Waals surface area contributed by atoms with E-state index in [0.29, 0.717) is 0 Å². The summed E-state index contributed by atoms with van der Waals surface area (Å²) >= 11 is 0. The van der Waals surface area contributed by atoms with Crippen LogP contribution in [0.3, 0.4) is 0 Å². The molecule has 1 rings (SSSR count). The molecule has 0 saturated carbocycles. The van der Waals surface area contributed by atoms with Gasteiger partial charge in [0, 0.05) is 14.2 Å². The summed E-state index contributed by atoms with van der Waals surface area (Å²) in [5, 5.41) is 0. The van der Waals surface area contributed by atoms with Crippen LogP contribution >= 0.6 is 15.6 Å². The van der Waals surface area contributed by atoms with E-state index < -0.39 is 46.7 Å². The number of phosphoric acid groups is 2. The molecule has 20 heavy (non-hydrogen) atoms. The minimum absolute atomic E-state index is 0.549. The summed E-state index contributed by atoms with van der Waals surface area (Å²) in [6.45, 7) is 1.05. The third-order valence-electron chi connectivity index (χ3n) is 2.70. The molecular formula is C8H17O10P2-. The zero-order chi connectivity index (χ0) is 15.6. The number of phosphoric ester groups is 2. The van der Waals surface area contributed by atoms with Gasteiger partial charge in [-0.15, -0.1) is 0 Å². The standard InChI is InChI=1S/C8H18O10P2/c1-5-7(14-2)8(18-20(12,13)15-3)6(17-5)4-16-19(9,10)11/h5-8H,4H2,1-3H3,(H,12,13)(H2,9,10,11)/p-1/t5-,6+,7+,8?/m0/s1. The molecule has 0 amide bonds. The number of hydrogen-bond acceptors (Lipinski definition) is 8. The van der Waals surface area contributed by atoms with E-state index in [2.05, 4.69) is 9.05 Å². The van der Waals surface area contributed by atoms with Gasteiger partial charge in [0.05, 0.1) is 12.7 Å². The molecule has 5 atom stereocenters. The summed E-state index contributed by atoms with van der Waals surface area (Å²) in [5.41, 5.74) is 0. The highest BCUT2D eigenvalue weighted by atomic mass is 31.2. The molecule has 12 heteroatoms. The number of hydrogen-bond donors (Lipinski definition) is 2. The highest BCUT2D eigenvalue weighted by Gasteiger charge is 2.46. The SMILES string of the molecule is CO[C@H]1C(OP(=O)([O-])OC)[C@@H](COP(=O)(O)O)O[C@H]1C. The van der Waals surface area contributed by atoms with Crippen molar-refractivity contribution in [2.75, 3.05) is 20.8 Å². The lowest BCUT2D eigenvalue weighted by molar-refractivity contribution is -0.231. The van der Waals surface area contributed by atoms with Gasteiger partial charge >= 0.3 is 7.82 Å². The first-order chi connectivity index (χ1) is 9.09. The van der Waals surface area contributed by atoms with Crippen molar-refractivity contribution in [1.29, 1.82) is 0 Å². The van der Waals surface area contributed by atoms with Gasteiger partial charge < -0.3 is 33.2 Å². The lowest BCUT2D eigenvalue weighted by Crippen LogP contribution is -2.38. The lowest BCUT2D eigenvalue weighted by Gasteiger charge is -2.29. The maximum absolute atomic E-state index is 11.3. The van der Waals surface area contributed by atoms with E-state index in [1.165, 1.54) is 7.11 Å². The molecule has 1 fully saturated rings. The van der Waals surface area contributed by atoms with E-state index in [0.717, 1.165) is 7.11 Å². The predicted molar refractivity (Wildman–Crippen MR) is 62.6 cm³/mol. The first kappa shape index (κ1) is 18.2. The van der Waals surface area contributed by atoms with Crippen LogP contribution < -0.4 is 4.89 Å². The minimum Gasteiger partial charge on any atom is -0.756 e. The maximum atomic E-state index is 11.3. The van der Waals surface area contributed by atoms with E-state index in [9.17, 15) is 14.0 Å². The molecule has 1 aliphatic heterocycles. The molecule has 0 aromatic heterocycles. The molecular weight excluding hydrogens is 318 g/mol. The summed E-state index contributed by atoms with van der Waals surface area (Å²) in [7, 11) is -7.01. The average Bonchev–Trinajstić information content (AvgIpc) is 2.61. The lowest BCUT2D eigenvalue weighted by atomic mass is 10.1. The van der Waals surface area contributed by atoms with Crippen molar-refractivity contribution < 1.29 is 46.9 Å². The molecule has 0 aromatic rings. The van der Waals surface area contributed by atoms with Crippen molar-refractivity contribution >= 4 is 15.6 Å². The molecule has 2 unspecified atom stereocenters. The summed E-state index contributed by atoms with van der Waals surface area (Å²) in [6.07, 6.45) is -3.46. The van der Waals surface area contributed by atoms with Crippen LogP contribution in [-0.2, 0) is 32.2 Å². The molecule has 0 aliphatic carbocycles. The van der Waals surface area contributed by atoms with Crippen molar-refractivity contribution in [2.24, 2.45) is 0 Å². The van der Waals surface area contributed by atoms with E-state index in [-0.39, 0.29) is 0 Å². The molecule has 1 saturated heterocycles. The van der Waals surface area contributed by atoms with Crippen molar-refractivity contribution in [3.63, 3.8) is 0 Å². The van der Waals surface area contributed by atoms with Crippen LogP contribution in [0.15, 0.2) is 0 Å². The van der Waals surface area contributed by atoms with Crippen molar-refractivity contribution in [1.82, 2.24) is 0 Å². The van der Waals surface area contributed by atoms with Gasteiger partial charge in [-0.1, -0.05) is 0 Å². The first-order valence-corrected chi connectivity index (χ1v) is 8.52. The topological polar surface area (TPSA) is 144 Å². The quantitative estimate of drug-likeness (QED) is 0.578. The van der Waals surface area contributed by atoms with Crippen LogP contribution in [-0.4, -0.2) is 55.0 Å². The Morgan fingerprint density at radius 2 is 1.85 bits per heavy atom. The van der Waals surface area contributed by atoms with Gasteiger partial charge in [-0.3, -0.25) is 9.09 Å². The number of ether oxygens (including phenoxy) is 2. The number of methoxy groups -OCH3 is 1. The zero-order valence-electron chi connectivity index (χ0n) is 11.1. The molecule has 2 N–H and O–H groups in total. The van der Waals surface area contributed by atoms with Crippen LogP contribution in [0.5, 0.6) is 0 Å². The summed E-state index contributed by atoms with van der Waals surface area (Å²) in [5.74, 6) is 0. The fourth-order valence-electron chi connectivity index (χ4n) is 1.86. The molecule has 10 nitrogen and oxygen atoms in total. The second-order valence-electron chi connectivity index (χ2n) is 4.07. The van der Waals surface area contributed by atoms with E-state index in [1.54, 1.807) is 6.92 Å². The predicted octanol–water partition coefficient (Wildman–Crippen LogP) is -0.602. The van der Waals surface area contributed by atoms with Gasteiger partial charge in [-0.2, -0.15) is 0 Å². The minimum atomic E-state index is -4.71. The second-order valence-corrected chi connectivity index (χ2v) is 6.78. The van der Waals surface area contributed by atoms with E-state index in [4.69, 9.17) is 23.8 Å². The average molecular weight is 335 g/mol. The highest BCUT2D eigenvalue weighted by Crippen LogP contribution is 2.44.